The third-order valence-electron chi connectivity index (χ3n) is 8.76. The van der Waals surface area contributed by atoms with E-state index in [1.165, 1.54) is 21.6 Å². The lowest BCUT2D eigenvalue weighted by Gasteiger charge is -2.35. The summed E-state index contributed by atoms with van der Waals surface area (Å²) >= 11 is 2.93. The number of nitrogens with one attached hydrogen (secondary N) is 1. The van der Waals surface area contributed by atoms with Crippen molar-refractivity contribution in [3.05, 3.63) is 133 Å². The van der Waals surface area contributed by atoms with E-state index in [0.29, 0.717) is 47.1 Å². The molecule has 0 bridgehead atoms. The predicted octanol–water partition coefficient (Wildman–Crippen LogP) is 7.34. The highest BCUT2D eigenvalue weighted by molar-refractivity contribution is 9.10. The van der Waals surface area contributed by atoms with Crippen LogP contribution in [0.25, 0.3) is 22.7 Å². The molecule has 1 aliphatic rings. The molecule has 1 atom stereocenters. The van der Waals surface area contributed by atoms with Crippen molar-refractivity contribution in [3.8, 4) is 17.1 Å². The molecular formula is C35H27BrF5N7O2. The Kier molecular flexibility index (Phi) is 8.20. The number of carbonyl (C=O) groups excluding carboxylic acids is 1. The molecule has 7 rings (SSSR count). The number of hydrogen-bond acceptors (Lipinski definition) is 5. The van der Waals surface area contributed by atoms with Crippen LogP contribution >= 0.6 is 15.9 Å². The number of carbonyl (C=O) groups is 1. The minimum absolute atomic E-state index is 0.0688. The van der Waals surface area contributed by atoms with Crippen molar-refractivity contribution in [1.29, 1.82) is 0 Å². The van der Waals surface area contributed by atoms with Crippen LogP contribution in [0.4, 0.5) is 22.0 Å². The number of H-pyrrole nitrogens is 1. The van der Waals surface area contributed by atoms with Crippen molar-refractivity contribution in [3.63, 3.8) is 0 Å². The van der Waals surface area contributed by atoms with E-state index in [2.05, 4.69) is 36.2 Å². The number of aromatic amines is 1. The highest BCUT2D eigenvalue weighted by Crippen LogP contribution is 2.36. The van der Waals surface area contributed by atoms with Gasteiger partial charge in [-0.05, 0) is 61.4 Å². The Balaban J connectivity index is 1.33. The summed E-state index contributed by atoms with van der Waals surface area (Å²) in [5.41, 5.74) is 2.49. The molecule has 50 heavy (non-hydrogen) atoms. The standard InChI is InChI=1S/C35H27BrF5N7O2/c1-19-14-25-28(18-46(19)31(49)22-10-13-27(36)26(16-22)35(39,40)41)48-30(23(17-42-48)15-20-6-4-3-5-7-20)47(32(25)50)24-11-8-21(9-12-24)29-43-33(45-44-29)34(2,37)38/h3-13,16-17,19H,14-15,18H2,1-2H3,(H,43,44,45)/t19-/m1/s1. The molecule has 1 N–H and O–H groups in total. The fourth-order valence-electron chi connectivity index (χ4n) is 6.24. The number of aromatic nitrogens is 6. The monoisotopic (exact) mass is 751 g/mol. The van der Waals surface area contributed by atoms with Gasteiger partial charge in [0.1, 0.15) is 5.65 Å². The molecule has 0 saturated carbocycles. The van der Waals surface area contributed by atoms with Gasteiger partial charge in [-0.1, -0.05) is 46.3 Å². The fourth-order valence-corrected chi connectivity index (χ4v) is 6.71. The van der Waals surface area contributed by atoms with Crippen LogP contribution in [0.15, 0.2) is 88.3 Å². The number of fused-ring (bicyclic) bond motifs is 3. The van der Waals surface area contributed by atoms with E-state index in [1.54, 1.807) is 41.9 Å². The van der Waals surface area contributed by atoms with Crippen molar-refractivity contribution in [2.24, 2.45) is 0 Å². The van der Waals surface area contributed by atoms with Crippen molar-refractivity contribution in [2.75, 3.05) is 0 Å². The molecule has 1 aliphatic heterocycles. The Morgan fingerprint density at radius 3 is 2.38 bits per heavy atom. The van der Waals surface area contributed by atoms with Gasteiger partial charge in [0.25, 0.3) is 11.5 Å². The van der Waals surface area contributed by atoms with Gasteiger partial charge in [-0.2, -0.15) is 27.1 Å². The topological polar surface area (TPSA) is 101 Å². The van der Waals surface area contributed by atoms with Gasteiger partial charge < -0.3 is 9.88 Å². The quantitative estimate of drug-likeness (QED) is 0.180. The molecule has 0 fully saturated rings. The number of halogens is 6. The maximum atomic E-state index is 14.5. The molecule has 3 aromatic heterocycles. The predicted molar refractivity (Wildman–Crippen MR) is 177 cm³/mol. The Bertz CT molecular complexity index is 2310. The molecule has 0 radical (unpaired) electrons. The van der Waals surface area contributed by atoms with E-state index in [-0.39, 0.29) is 34.4 Å². The van der Waals surface area contributed by atoms with Gasteiger partial charge in [0, 0.05) is 46.1 Å². The average molecular weight is 753 g/mol. The molecule has 0 saturated heterocycles. The highest BCUT2D eigenvalue weighted by atomic mass is 79.9. The molecule has 9 nitrogen and oxygen atoms in total. The number of hydrogen-bond donors (Lipinski definition) is 1. The van der Waals surface area contributed by atoms with Crippen LogP contribution < -0.4 is 5.56 Å². The van der Waals surface area contributed by atoms with Gasteiger partial charge in [0.2, 0.25) is 5.82 Å². The van der Waals surface area contributed by atoms with E-state index in [0.717, 1.165) is 11.6 Å². The first-order valence-corrected chi connectivity index (χ1v) is 16.3. The van der Waals surface area contributed by atoms with Crippen LogP contribution in [-0.2, 0) is 31.5 Å². The fraction of sp³-hybridized carbons (Fsp3) is 0.229. The lowest BCUT2D eigenvalue weighted by atomic mass is 9.97. The van der Waals surface area contributed by atoms with E-state index < -0.39 is 35.4 Å². The first-order valence-electron chi connectivity index (χ1n) is 15.5. The van der Waals surface area contributed by atoms with E-state index in [4.69, 9.17) is 0 Å². The first-order chi connectivity index (χ1) is 23.7. The van der Waals surface area contributed by atoms with E-state index in [1.807, 2.05) is 30.3 Å². The van der Waals surface area contributed by atoms with E-state index >= 15 is 0 Å². The lowest BCUT2D eigenvalue weighted by molar-refractivity contribution is -0.138. The summed E-state index contributed by atoms with van der Waals surface area (Å²) in [6, 6.07) is 19.0. The van der Waals surface area contributed by atoms with Gasteiger partial charge in [-0.3, -0.25) is 14.2 Å². The molecule has 0 unspecified atom stereocenters. The van der Waals surface area contributed by atoms with Crippen molar-refractivity contribution >= 4 is 27.5 Å². The molecule has 4 heterocycles. The van der Waals surface area contributed by atoms with Gasteiger partial charge in [-0.25, -0.2) is 4.52 Å². The maximum absolute atomic E-state index is 14.5. The zero-order valence-corrected chi connectivity index (χ0v) is 28.1. The molecule has 1 amide bonds. The molecule has 256 valence electrons. The lowest BCUT2D eigenvalue weighted by Crippen LogP contribution is -2.46. The zero-order valence-electron chi connectivity index (χ0n) is 26.5. The summed E-state index contributed by atoms with van der Waals surface area (Å²) in [7, 11) is 0. The summed E-state index contributed by atoms with van der Waals surface area (Å²) in [5.74, 6) is -4.25. The summed E-state index contributed by atoms with van der Waals surface area (Å²) < 4.78 is 71.6. The second kappa shape index (κ2) is 12.3. The Morgan fingerprint density at radius 1 is 1.00 bits per heavy atom. The highest BCUT2D eigenvalue weighted by Gasteiger charge is 2.37. The van der Waals surface area contributed by atoms with Crippen LogP contribution in [0.5, 0.6) is 0 Å². The smallest absolute Gasteiger partial charge is 0.330 e. The van der Waals surface area contributed by atoms with Crippen molar-refractivity contribution in [2.45, 2.75) is 51.4 Å². The first kappa shape index (κ1) is 33.3. The average Bonchev–Trinajstić information content (AvgIpc) is 3.74. The van der Waals surface area contributed by atoms with Crippen molar-refractivity contribution < 1.29 is 26.7 Å². The van der Waals surface area contributed by atoms with Gasteiger partial charge in [-0.15, -0.1) is 10.2 Å². The molecule has 3 aromatic carbocycles. The van der Waals surface area contributed by atoms with Crippen LogP contribution in [0.2, 0.25) is 0 Å². The Hall–Kier alpha value is -5.18. The minimum Gasteiger partial charge on any atom is -0.330 e. The molecule has 15 heteroatoms. The molecule has 0 spiro atoms. The number of alkyl halides is 5. The van der Waals surface area contributed by atoms with Gasteiger partial charge in [0.05, 0.1) is 29.7 Å². The number of rotatable bonds is 6. The molecule has 6 aromatic rings. The molecular weight excluding hydrogens is 725 g/mol. The summed E-state index contributed by atoms with van der Waals surface area (Å²) in [5, 5.41) is 12.1. The SMILES string of the molecule is C[C@@H]1Cc2c(n3ncc(Cc4ccccc4)c3n(-c3ccc(-c4nnc(C(C)(F)F)[nH]4)cc3)c2=O)CN1C(=O)c1ccc(Br)c(C(F)(F)F)c1. The summed E-state index contributed by atoms with van der Waals surface area (Å²) in [6.07, 6.45) is -2.47. The van der Waals surface area contributed by atoms with Crippen molar-refractivity contribution in [1.82, 2.24) is 34.3 Å². The van der Waals surface area contributed by atoms with Crippen LogP contribution in [0.1, 0.15) is 58.0 Å². The van der Waals surface area contributed by atoms with Crippen LogP contribution in [0.3, 0.4) is 0 Å². The molecule has 0 aliphatic carbocycles. The second-order valence-electron chi connectivity index (χ2n) is 12.3. The second-order valence-corrected chi connectivity index (χ2v) is 13.1. The maximum Gasteiger partial charge on any atom is 0.417 e. The third kappa shape index (κ3) is 5.99. The van der Waals surface area contributed by atoms with E-state index in [9.17, 15) is 31.5 Å². The van der Waals surface area contributed by atoms with Crippen LogP contribution in [-0.4, -0.2) is 46.2 Å². The van der Waals surface area contributed by atoms with Gasteiger partial charge >= 0.3 is 12.1 Å². The normalized spacial score (nSPS) is 15.0. The number of benzene rings is 3. The number of amides is 1. The van der Waals surface area contributed by atoms with Gasteiger partial charge in [0.15, 0.2) is 5.82 Å². The Morgan fingerprint density at radius 2 is 1.72 bits per heavy atom. The minimum atomic E-state index is -4.67. The largest absolute Gasteiger partial charge is 0.417 e. The zero-order chi connectivity index (χ0) is 35.5. The Labute approximate surface area is 289 Å². The summed E-state index contributed by atoms with van der Waals surface area (Å²) in [6.45, 7) is 2.39. The number of nitrogens with zero attached hydrogens (tertiary/aromatic N) is 6. The third-order valence-corrected chi connectivity index (χ3v) is 9.46. The summed E-state index contributed by atoms with van der Waals surface area (Å²) in [4.78, 5) is 32.2. The van der Waals surface area contributed by atoms with Crippen LogP contribution in [0, 0.1) is 0 Å².